The summed E-state index contributed by atoms with van der Waals surface area (Å²) in [7, 11) is 0. The lowest BCUT2D eigenvalue weighted by molar-refractivity contribution is 0.302. The highest BCUT2D eigenvalue weighted by Crippen LogP contribution is 2.29. The van der Waals surface area contributed by atoms with Gasteiger partial charge in [-0.15, -0.1) is 0 Å². The van der Waals surface area contributed by atoms with Crippen molar-refractivity contribution >= 4 is 0 Å². The zero-order valence-electron chi connectivity index (χ0n) is 13.1. The zero-order chi connectivity index (χ0) is 14.5. The molecule has 116 valence electrons. The fraction of sp³-hybridized carbons (Fsp3) is 0.778. The maximum absolute atomic E-state index is 8.65. The molecule has 1 aliphatic rings. The predicted molar refractivity (Wildman–Crippen MR) is 85.9 cm³/mol. The van der Waals surface area contributed by atoms with Crippen molar-refractivity contribution in [3.63, 3.8) is 0 Å². The molecule has 20 heavy (non-hydrogen) atoms. The third kappa shape index (κ3) is 9.33. The third-order valence-corrected chi connectivity index (χ3v) is 3.78. The number of epoxide rings is 1. The van der Waals surface area contributed by atoms with Crippen LogP contribution in [0.4, 0.5) is 0 Å². The van der Waals surface area contributed by atoms with Gasteiger partial charge >= 0.3 is 0 Å². The number of unbranched alkanes of at least 4 members (excludes halogenated alkanes) is 6. The van der Waals surface area contributed by atoms with E-state index < -0.39 is 0 Å². The van der Waals surface area contributed by atoms with Gasteiger partial charge in [0.25, 0.3) is 0 Å². The average molecular weight is 280 g/mol. The van der Waals surface area contributed by atoms with Crippen LogP contribution in [0.25, 0.3) is 0 Å². The van der Waals surface area contributed by atoms with Crippen molar-refractivity contribution in [2.24, 2.45) is 0 Å². The highest BCUT2D eigenvalue weighted by molar-refractivity contribution is 4.98. The summed E-state index contributed by atoms with van der Waals surface area (Å²) < 4.78 is 5.60. The molecule has 2 nitrogen and oxygen atoms in total. The molecule has 1 fully saturated rings. The van der Waals surface area contributed by atoms with E-state index in [1.165, 1.54) is 44.9 Å². The highest BCUT2D eigenvalue weighted by Gasteiger charge is 2.35. The SMILES string of the molecule is CCCCCCCC/C=C\CC1OC1C/C=C\CCO. The van der Waals surface area contributed by atoms with Crippen molar-refractivity contribution in [1.29, 1.82) is 0 Å². The Morgan fingerprint density at radius 2 is 1.40 bits per heavy atom. The Kier molecular flexibility index (Phi) is 10.6. The van der Waals surface area contributed by atoms with E-state index in [2.05, 4.69) is 25.2 Å². The lowest BCUT2D eigenvalue weighted by atomic mass is 10.1. The minimum Gasteiger partial charge on any atom is -0.396 e. The Labute approximate surface area is 124 Å². The second-order valence-corrected chi connectivity index (χ2v) is 5.70. The van der Waals surface area contributed by atoms with Crippen LogP contribution in [0.15, 0.2) is 24.3 Å². The van der Waals surface area contributed by atoms with Crippen LogP contribution < -0.4 is 0 Å². The Morgan fingerprint density at radius 3 is 2.05 bits per heavy atom. The molecule has 0 aromatic rings. The first-order valence-corrected chi connectivity index (χ1v) is 8.44. The van der Waals surface area contributed by atoms with Gasteiger partial charge in [-0.25, -0.2) is 0 Å². The van der Waals surface area contributed by atoms with E-state index >= 15 is 0 Å². The molecule has 0 aliphatic carbocycles. The maximum Gasteiger partial charge on any atom is 0.0879 e. The molecule has 1 N–H and O–H groups in total. The second-order valence-electron chi connectivity index (χ2n) is 5.70. The minimum atomic E-state index is 0.243. The number of rotatable bonds is 13. The van der Waals surface area contributed by atoms with E-state index in [1.807, 2.05) is 6.08 Å². The molecule has 1 saturated heterocycles. The molecule has 0 saturated carbocycles. The Morgan fingerprint density at radius 1 is 0.800 bits per heavy atom. The van der Waals surface area contributed by atoms with Crippen LogP contribution in [0.1, 0.15) is 71.1 Å². The van der Waals surface area contributed by atoms with Gasteiger partial charge in [-0.3, -0.25) is 0 Å². The quantitative estimate of drug-likeness (QED) is 0.299. The largest absolute Gasteiger partial charge is 0.396 e. The molecule has 0 aromatic carbocycles. The van der Waals surface area contributed by atoms with Crippen LogP contribution >= 0.6 is 0 Å². The Bertz CT molecular complexity index is 271. The van der Waals surface area contributed by atoms with Crippen molar-refractivity contribution in [2.75, 3.05) is 6.61 Å². The summed E-state index contributed by atoms with van der Waals surface area (Å²) in [6.07, 6.45) is 21.9. The first-order valence-electron chi connectivity index (χ1n) is 8.44. The molecular weight excluding hydrogens is 248 g/mol. The van der Waals surface area contributed by atoms with Crippen molar-refractivity contribution in [3.8, 4) is 0 Å². The molecule has 1 rings (SSSR count). The van der Waals surface area contributed by atoms with Gasteiger partial charge < -0.3 is 9.84 Å². The normalized spacial score (nSPS) is 22.1. The number of hydrogen-bond donors (Lipinski definition) is 1. The number of hydrogen-bond acceptors (Lipinski definition) is 2. The second kappa shape index (κ2) is 12.2. The first kappa shape index (κ1) is 17.5. The number of allylic oxidation sites excluding steroid dienone is 1. The minimum absolute atomic E-state index is 0.243. The van der Waals surface area contributed by atoms with Crippen LogP contribution in [-0.4, -0.2) is 23.9 Å². The number of aliphatic hydroxyl groups is 1. The van der Waals surface area contributed by atoms with Crippen LogP contribution in [0.5, 0.6) is 0 Å². The standard InChI is InChI=1S/C18H32O2/c1-2-3-4-5-6-7-8-9-11-14-17-18(20-17)15-12-10-13-16-19/h9-12,17-19H,2-8,13-16H2,1H3/b11-9-,12-10-. The number of ether oxygens (including phenoxy) is 1. The lowest BCUT2D eigenvalue weighted by Crippen LogP contribution is -1.90. The summed E-state index contributed by atoms with van der Waals surface area (Å²) in [5.74, 6) is 0. The van der Waals surface area contributed by atoms with E-state index in [1.54, 1.807) is 0 Å². The third-order valence-electron chi connectivity index (χ3n) is 3.78. The van der Waals surface area contributed by atoms with E-state index in [0.717, 1.165) is 19.3 Å². The van der Waals surface area contributed by atoms with Gasteiger partial charge in [-0.2, -0.15) is 0 Å². The molecule has 2 atom stereocenters. The average Bonchev–Trinajstić information content (AvgIpc) is 3.20. The van der Waals surface area contributed by atoms with Gasteiger partial charge in [0, 0.05) is 6.61 Å². The summed E-state index contributed by atoms with van der Waals surface area (Å²) in [5, 5.41) is 8.65. The van der Waals surface area contributed by atoms with Crippen molar-refractivity contribution in [1.82, 2.24) is 0 Å². The molecular formula is C18H32O2. The highest BCUT2D eigenvalue weighted by atomic mass is 16.6. The van der Waals surface area contributed by atoms with Gasteiger partial charge in [0.15, 0.2) is 0 Å². The Balaban J connectivity index is 1.86. The summed E-state index contributed by atoms with van der Waals surface area (Å²) in [5.41, 5.74) is 0. The molecule has 0 amide bonds. The molecule has 1 aliphatic heterocycles. The van der Waals surface area contributed by atoms with Gasteiger partial charge in [-0.1, -0.05) is 63.3 Å². The van der Waals surface area contributed by atoms with Gasteiger partial charge in [-0.05, 0) is 32.1 Å². The zero-order valence-corrected chi connectivity index (χ0v) is 13.1. The Hall–Kier alpha value is -0.600. The molecule has 0 spiro atoms. The van der Waals surface area contributed by atoms with E-state index in [0.29, 0.717) is 12.2 Å². The maximum atomic E-state index is 8.65. The lowest BCUT2D eigenvalue weighted by Gasteiger charge is -1.97. The molecule has 0 radical (unpaired) electrons. The van der Waals surface area contributed by atoms with Gasteiger partial charge in [0.1, 0.15) is 0 Å². The summed E-state index contributed by atoms with van der Waals surface area (Å²) >= 11 is 0. The molecule has 2 unspecified atom stereocenters. The molecule has 0 bridgehead atoms. The van der Waals surface area contributed by atoms with E-state index in [9.17, 15) is 0 Å². The van der Waals surface area contributed by atoms with Crippen LogP contribution in [0.3, 0.4) is 0 Å². The topological polar surface area (TPSA) is 32.8 Å². The van der Waals surface area contributed by atoms with Crippen LogP contribution in [0, 0.1) is 0 Å². The summed E-state index contributed by atoms with van der Waals surface area (Å²) in [4.78, 5) is 0. The van der Waals surface area contributed by atoms with E-state index in [4.69, 9.17) is 9.84 Å². The molecule has 1 heterocycles. The number of aliphatic hydroxyl groups excluding tert-OH is 1. The summed E-state index contributed by atoms with van der Waals surface area (Å²) in [6.45, 7) is 2.50. The van der Waals surface area contributed by atoms with E-state index in [-0.39, 0.29) is 6.61 Å². The molecule has 2 heteroatoms. The smallest absolute Gasteiger partial charge is 0.0879 e. The van der Waals surface area contributed by atoms with Gasteiger partial charge in [0.2, 0.25) is 0 Å². The van der Waals surface area contributed by atoms with Crippen molar-refractivity contribution in [3.05, 3.63) is 24.3 Å². The molecule has 0 aromatic heterocycles. The van der Waals surface area contributed by atoms with Crippen molar-refractivity contribution in [2.45, 2.75) is 83.3 Å². The fourth-order valence-corrected chi connectivity index (χ4v) is 2.41. The van der Waals surface area contributed by atoms with Crippen molar-refractivity contribution < 1.29 is 9.84 Å². The fourth-order valence-electron chi connectivity index (χ4n) is 2.41. The predicted octanol–water partition coefficient (Wildman–Crippen LogP) is 4.78. The monoisotopic (exact) mass is 280 g/mol. The van der Waals surface area contributed by atoms with Crippen LogP contribution in [-0.2, 0) is 4.74 Å². The van der Waals surface area contributed by atoms with Crippen LogP contribution in [0.2, 0.25) is 0 Å². The first-order chi connectivity index (χ1) is 9.88. The van der Waals surface area contributed by atoms with Gasteiger partial charge in [0.05, 0.1) is 12.2 Å². The summed E-state index contributed by atoms with van der Waals surface area (Å²) in [6, 6.07) is 0.